The maximum Gasteiger partial charge on any atom is 0.0951 e. The second-order valence-corrected chi connectivity index (χ2v) is 8.12. The number of aryl methyl sites for hydroxylation is 2. The van der Waals surface area contributed by atoms with Crippen molar-refractivity contribution in [3.8, 4) is 16.9 Å². The summed E-state index contributed by atoms with van der Waals surface area (Å²) in [6.07, 6.45) is 7.98. The molecule has 148 valence electrons. The van der Waals surface area contributed by atoms with Gasteiger partial charge in [-0.2, -0.15) is 5.10 Å². The summed E-state index contributed by atoms with van der Waals surface area (Å²) in [5, 5.41) is 4.87. The first-order chi connectivity index (χ1) is 13.6. The van der Waals surface area contributed by atoms with Gasteiger partial charge in [-0.05, 0) is 65.3 Å². The summed E-state index contributed by atoms with van der Waals surface area (Å²) in [5.74, 6) is 0. The third-order valence-electron chi connectivity index (χ3n) is 6.08. The van der Waals surface area contributed by atoms with Crippen molar-refractivity contribution in [3.05, 3.63) is 53.7 Å². The zero-order valence-electron chi connectivity index (χ0n) is 17.5. The molecule has 1 fully saturated rings. The van der Waals surface area contributed by atoms with Gasteiger partial charge in [0.1, 0.15) is 0 Å². The van der Waals surface area contributed by atoms with Crippen LogP contribution in [0.2, 0.25) is 0 Å². The number of likely N-dealkylation sites (tertiary alicyclic amines) is 1. The molecule has 0 N–H and O–H groups in total. The molecule has 4 rings (SSSR count). The van der Waals surface area contributed by atoms with E-state index in [4.69, 9.17) is 5.10 Å². The van der Waals surface area contributed by atoms with Crippen LogP contribution in [0.15, 0.2) is 36.8 Å². The summed E-state index contributed by atoms with van der Waals surface area (Å²) < 4.78 is 4.38. The van der Waals surface area contributed by atoms with E-state index in [-0.39, 0.29) is 0 Å². The Kier molecular flexibility index (Phi) is 5.36. The van der Waals surface area contributed by atoms with Gasteiger partial charge in [0, 0.05) is 18.2 Å². The van der Waals surface area contributed by atoms with Crippen LogP contribution < -0.4 is 0 Å². The third kappa shape index (κ3) is 3.51. The van der Waals surface area contributed by atoms with Gasteiger partial charge in [0.2, 0.25) is 0 Å². The number of aromatic nitrogens is 4. The van der Waals surface area contributed by atoms with Crippen molar-refractivity contribution in [3.63, 3.8) is 0 Å². The Labute approximate surface area is 168 Å². The van der Waals surface area contributed by atoms with Gasteiger partial charge in [0.15, 0.2) is 0 Å². The topological polar surface area (TPSA) is 38.9 Å². The molecule has 0 bridgehead atoms. The molecular weight excluding hydrogens is 346 g/mol. The summed E-state index contributed by atoms with van der Waals surface area (Å²) in [6.45, 7) is 12.1. The van der Waals surface area contributed by atoms with Crippen molar-refractivity contribution >= 4 is 0 Å². The first-order valence-electron chi connectivity index (χ1n) is 10.4. The number of hydrogen-bond acceptors (Lipinski definition) is 3. The van der Waals surface area contributed by atoms with Gasteiger partial charge >= 0.3 is 0 Å². The van der Waals surface area contributed by atoms with E-state index in [1.165, 1.54) is 54.9 Å². The number of hydrogen-bond donors (Lipinski definition) is 0. The first-order valence-corrected chi connectivity index (χ1v) is 10.4. The molecule has 2 aromatic heterocycles. The Morgan fingerprint density at radius 2 is 1.79 bits per heavy atom. The van der Waals surface area contributed by atoms with Gasteiger partial charge in [-0.25, -0.2) is 9.67 Å². The molecule has 0 aliphatic carbocycles. The SMILES string of the molecule is Cc1ccccc1-n1nc(C)c(-c2cncn2C[C@@H](C)N2CCCCC2)c1C. The third-order valence-corrected chi connectivity index (χ3v) is 6.08. The number of benzene rings is 1. The van der Waals surface area contributed by atoms with Crippen molar-refractivity contribution in [2.24, 2.45) is 0 Å². The van der Waals surface area contributed by atoms with E-state index in [1.807, 2.05) is 12.5 Å². The Balaban J connectivity index is 1.66. The number of rotatable bonds is 5. The molecule has 0 saturated carbocycles. The Bertz CT molecular complexity index is 946. The highest BCUT2D eigenvalue weighted by atomic mass is 15.3. The lowest BCUT2D eigenvalue weighted by molar-refractivity contribution is 0.160. The zero-order chi connectivity index (χ0) is 19.7. The second-order valence-electron chi connectivity index (χ2n) is 8.12. The highest BCUT2D eigenvalue weighted by Gasteiger charge is 2.21. The molecule has 5 heteroatoms. The van der Waals surface area contributed by atoms with E-state index >= 15 is 0 Å². The summed E-state index contributed by atoms with van der Waals surface area (Å²) in [7, 11) is 0. The number of para-hydroxylation sites is 1. The van der Waals surface area contributed by atoms with Crippen LogP contribution in [0.3, 0.4) is 0 Å². The zero-order valence-corrected chi connectivity index (χ0v) is 17.5. The minimum Gasteiger partial charge on any atom is -0.329 e. The Morgan fingerprint density at radius 1 is 1.04 bits per heavy atom. The van der Waals surface area contributed by atoms with Crippen LogP contribution >= 0.6 is 0 Å². The summed E-state index contributed by atoms with van der Waals surface area (Å²) in [5.41, 5.74) is 6.95. The fraction of sp³-hybridized carbons (Fsp3) is 0.478. The molecule has 3 aromatic rings. The van der Waals surface area contributed by atoms with Gasteiger partial charge in [-0.15, -0.1) is 0 Å². The molecule has 0 spiro atoms. The number of piperidine rings is 1. The fourth-order valence-corrected chi connectivity index (χ4v) is 4.48. The van der Waals surface area contributed by atoms with Crippen LogP contribution in [0, 0.1) is 20.8 Å². The predicted molar refractivity (Wildman–Crippen MR) is 114 cm³/mol. The summed E-state index contributed by atoms with van der Waals surface area (Å²) in [6, 6.07) is 8.93. The van der Waals surface area contributed by atoms with Gasteiger partial charge in [0.05, 0.1) is 35.3 Å². The second kappa shape index (κ2) is 7.92. The standard InChI is InChI=1S/C23H31N5/c1-17-10-6-7-11-21(17)28-20(4)23(19(3)25-28)22-14-24-16-27(22)15-18(2)26-12-8-5-9-13-26/h6-7,10-11,14,16,18H,5,8-9,12-13,15H2,1-4H3/t18-/m1/s1. The summed E-state index contributed by atoms with van der Waals surface area (Å²) >= 11 is 0. The Morgan fingerprint density at radius 3 is 2.54 bits per heavy atom. The van der Waals surface area contributed by atoms with Crippen molar-refractivity contribution in [1.29, 1.82) is 0 Å². The van der Waals surface area contributed by atoms with E-state index in [0.29, 0.717) is 6.04 Å². The lowest BCUT2D eigenvalue weighted by Gasteiger charge is -2.32. The predicted octanol–water partition coefficient (Wildman–Crippen LogP) is 4.54. The van der Waals surface area contributed by atoms with E-state index in [2.05, 4.69) is 71.1 Å². The van der Waals surface area contributed by atoms with E-state index in [0.717, 1.165) is 17.9 Å². The normalized spacial score (nSPS) is 16.4. The molecule has 0 radical (unpaired) electrons. The average molecular weight is 378 g/mol. The molecule has 0 unspecified atom stereocenters. The monoisotopic (exact) mass is 377 g/mol. The van der Waals surface area contributed by atoms with E-state index in [9.17, 15) is 0 Å². The van der Waals surface area contributed by atoms with Gasteiger partial charge < -0.3 is 4.57 Å². The average Bonchev–Trinajstić information content (AvgIpc) is 3.26. The van der Waals surface area contributed by atoms with Crippen LogP contribution in [-0.2, 0) is 6.54 Å². The van der Waals surface area contributed by atoms with Crippen molar-refractivity contribution in [2.45, 2.75) is 59.5 Å². The van der Waals surface area contributed by atoms with Gasteiger partial charge in [-0.3, -0.25) is 4.90 Å². The van der Waals surface area contributed by atoms with Crippen LogP contribution in [0.1, 0.15) is 43.1 Å². The molecule has 1 aromatic carbocycles. The fourth-order valence-electron chi connectivity index (χ4n) is 4.48. The molecular formula is C23H31N5. The van der Waals surface area contributed by atoms with E-state index in [1.54, 1.807) is 0 Å². The van der Waals surface area contributed by atoms with Crippen LogP contribution in [0.25, 0.3) is 16.9 Å². The van der Waals surface area contributed by atoms with Crippen LogP contribution in [-0.4, -0.2) is 43.4 Å². The minimum absolute atomic E-state index is 0.514. The van der Waals surface area contributed by atoms with Crippen LogP contribution in [0.4, 0.5) is 0 Å². The number of nitrogens with zero attached hydrogens (tertiary/aromatic N) is 5. The molecule has 5 nitrogen and oxygen atoms in total. The molecule has 3 heterocycles. The van der Waals surface area contributed by atoms with Gasteiger partial charge in [0.25, 0.3) is 0 Å². The maximum absolute atomic E-state index is 4.87. The quantitative estimate of drug-likeness (QED) is 0.655. The Hall–Kier alpha value is -2.40. The molecule has 28 heavy (non-hydrogen) atoms. The van der Waals surface area contributed by atoms with Crippen molar-refractivity contribution in [1.82, 2.24) is 24.2 Å². The molecule has 1 aliphatic heterocycles. The van der Waals surface area contributed by atoms with Gasteiger partial charge in [-0.1, -0.05) is 24.6 Å². The first kappa shape index (κ1) is 18.9. The lowest BCUT2D eigenvalue weighted by Crippen LogP contribution is -2.39. The lowest BCUT2D eigenvalue weighted by atomic mass is 10.1. The summed E-state index contributed by atoms with van der Waals surface area (Å²) in [4.78, 5) is 7.10. The van der Waals surface area contributed by atoms with Crippen LogP contribution in [0.5, 0.6) is 0 Å². The highest BCUT2D eigenvalue weighted by molar-refractivity contribution is 5.66. The smallest absolute Gasteiger partial charge is 0.0951 e. The number of imidazole rings is 1. The molecule has 0 amide bonds. The molecule has 1 saturated heterocycles. The minimum atomic E-state index is 0.514. The van der Waals surface area contributed by atoms with E-state index < -0.39 is 0 Å². The molecule has 1 atom stereocenters. The molecule has 1 aliphatic rings. The maximum atomic E-state index is 4.87. The largest absolute Gasteiger partial charge is 0.329 e. The van der Waals surface area contributed by atoms with Crippen molar-refractivity contribution in [2.75, 3.05) is 13.1 Å². The van der Waals surface area contributed by atoms with Crippen molar-refractivity contribution < 1.29 is 0 Å². The highest BCUT2D eigenvalue weighted by Crippen LogP contribution is 2.30.